The lowest BCUT2D eigenvalue weighted by Crippen LogP contribution is -1.89. The first-order valence-electron chi connectivity index (χ1n) is 5.83. The lowest BCUT2D eigenvalue weighted by molar-refractivity contribution is 0.989. The first-order valence-corrected chi connectivity index (χ1v) is 6.62. The molecular weight excluding hydrogens is 272 g/mol. The fourth-order valence-electron chi connectivity index (χ4n) is 2.33. The maximum atomic E-state index is 3.69. The molecule has 0 nitrogen and oxygen atoms in total. The highest BCUT2D eigenvalue weighted by Crippen LogP contribution is 2.37. The maximum Gasteiger partial charge on any atom is 0.0257 e. The largest absolute Gasteiger partial charge is 0.0767 e. The van der Waals surface area contributed by atoms with Gasteiger partial charge in [0, 0.05) is 4.47 Å². The second kappa shape index (κ2) is 4.15. The third-order valence-corrected chi connectivity index (χ3v) is 3.97. The molecule has 0 amide bonds. The van der Waals surface area contributed by atoms with E-state index in [0.29, 0.717) is 5.92 Å². The molecule has 0 aromatic heterocycles. The van der Waals surface area contributed by atoms with Gasteiger partial charge in [0.05, 0.1) is 0 Å². The Labute approximate surface area is 110 Å². The van der Waals surface area contributed by atoms with E-state index in [2.05, 4.69) is 71.4 Å². The van der Waals surface area contributed by atoms with Crippen molar-refractivity contribution in [3.05, 3.63) is 64.1 Å². The molecule has 84 valence electrons. The number of allylic oxidation sites excluding steroid dienone is 1. The summed E-state index contributed by atoms with van der Waals surface area (Å²) in [6.07, 6.45) is 4.48. The van der Waals surface area contributed by atoms with Gasteiger partial charge in [-0.05, 0) is 40.3 Å². The maximum absolute atomic E-state index is 3.69. The number of hydrogen-bond donors (Lipinski definition) is 0. The third kappa shape index (κ3) is 1.85. The zero-order valence-electron chi connectivity index (χ0n) is 9.65. The zero-order valence-corrected chi connectivity index (χ0v) is 11.2. The first kappa shape index (κ1) is 10.8. The Morgan fingerprint density at radius 2 is 1.82 bits per heavy atom. The van der Waals surface area contributed by atoms with E-state index in [1.54, 1.807) is 0 Å². The van der Waals surface area contributed by atoms with Crippen molar-refractivity contribution in [2.75, 3.05) is 0 Å². The minimum Gasteiger partial charge on any atom is -0.0767 e. The van der Waals surface area contributed by atoms with Gasteiger partial charge < -0.3 is 0 Å². The van der Waals surface area contributed by atoms with Crippen molar-refractivity contribution >= 4 is 22.0 Å². The van der Waals surface area contributed by atoms with E-state index >= 15 is 0 Å². The van der Waals surface area contributed by atoms with E-state index in [1.165, 1.54) is 26.7 Å². The Balaban J connectivity index is 2.17. The molecule has 0 fully saturated rings. The summed E-state index contributed by atoms with van der Waals surface area (Å²) in [5.74, 6) is 0.533. The Kier molecular flexibility index (Phi) is 2.64. The molecule has 0 saturated carbocycles. The molecule has 0 radical (unpaired) electrons. The fourth-order valence-corrected chi connectivity index (χ4v) is 2.92. The summed E-state index contributed by atoms with van der Waals surface area (Å²) in [6, 6.07) is 15.0. The molecule has 17 heavy (non-hydrogen) atoms. The third-order valence-electron chi connectivity index (χ3n) is 3.31. The molecule has 0 spiro atoms. The van der Waals surface area contributed by atoms with Crippen molar-refractivity contribution in [1.29, 1.82) is 0 Å². The molecule has 1 aliphatic carbocycles. The van der Waals surface area contributed by atoms with Crippen LogP contribution in [0.1, 0.15) is 24.0 Å². The highest BCUT2D eigenvalue weighted by molar-refractivity contribution is 9.10. The summed E-state index contributed by atoms with van der Waals surface area (Å²) in [5.41, 5.74) is 5.29. The number of benzene rings is 2. The topological polar surface area (TPSA) is 0 Å². The summed E-state index contributed by atoms with van der Waals surface area (Å²) in [5, 5.41) is 0. The van der Waals surface area contributed by atoms with E-state index < -0.39 is 0 Å². The molecule has 3 rings (SSSR count). The van der Waals surface area contributed by atoms with Crippen molar-refractivity contribution in [3.8, 4) is 11.1 Å². The molecule has 1 aliphatic rings. The first-order chi connectivity index (χ1) is 8.25. The van der Waals surface area contributed by atoms with Crippen LogP contribution in [0.25, 0.3) is 17.2 Å². The summed E-state index contributed by atoms with van der Waals surface area (Å²) >= 11 is 3.69. The van der Waals surface area contributed by atoms with E-state index in [9.17, 15) is 0 Å². The second-order valence-corrected chi connectivity index (χ2v) is 5.33. The molecule has 1 unspecified atom stereocenters. The molecule has 1 heteroatoms. The molecule has 0 N–H and O–H groups in total. The predicted octanol–water partition coefficient (Wildman–Crippen LogP) is 5.25. The van der Waals surface area contributed by atoms with Crippen molar-refractivity contribution in [1.82, 2.24) is 0 Å². The van der Waals surface area contributed by atoms with Crippen LogP contribution in [0.2, 0.25) is 0 Å². The monoisotopic (exact) mass is 284 g/mol. The van der Waals surface area contributed by atoms with Gasteiger partial charge in [-0.2, -0.15) is 0 Å². The van der Waals surface area contributed by atoms with Gasteiger partial charge in [-0.15, -0.1) is 0 Å². The van der Waals surface area contributed by atoms with Crippen LogP contribution < -0.4 is 0 Å². The van der Waals surface area contributed by atoms with Gasteiger partial charge in [0.2, 0.25) is 0 Å². The molecule has 0 aliphatic heterocycles. The summed E-state index contributed by atoms with van der Waals surface area (Å²) in [7, 11) is 0. The van der Waals surface area contributed by atoms with Gasteiger partial charge in [0.25, 0.3) is 0 Å². The number of halogens is 1. The van der Waals surface area contributed by atoms with E-state index in [1.807, 2.05) is 6.07 Å². The van der Waals surface area contributed by atoms with Crippen molar-refractivity contribution in [2.45, 2.75) is 12.8 Å². The van der Waals surface area contributed by atoms with Gasteiger partial charge in [0.1, 0.15) is 0 Å². The lowest BCUT2D eigenvalue weighted by atomic mass is 9.97. The minimum absolute atomic E-state index is 0.533. The van der Waals surface area contributed by atoms with Gasteiger partial charge in [-0.3, -0.25) is 0 Å². The van der Waals surface area contributed by atoms with Crippen LogP contribution >= 0.6 is 15.9 Å². The minimum atomic E-state index is 0.533. The van der Waals surface area contributed by atoms with E-state index in [4.69, 9.17) is 0 Å². The molecule has 0 saturated heterocycles. The highest BCUT2D eigenvalue weighted by atomic mass is 79.9. The summed E-state index contributed by atoms with van der Waals surface area (Å²) in [4.78, 5) is 0. The van der Waals surface area contributed by atoms with Crippen LogP contribution in [0.5, 0.6) is 0 Å². The molecule has 0 heterocycles. The number of hydrogen-bond acceptors (Lipinski definition) is 0. The highest BCUT2D eigenvalue weighted by Gasteiger charge is 2.15. The average molecular weight is 285 g/mol. The summed E-state index contributed by atoms with van der Waals surface area (Å²) < 4.78 is 1.18. The van der Waals surface area contributed by atoms with E-state index in [0.717, 1.165) is 0 Å². The second-order valence-electron chi connectivity index (χ2n) is 4.47. The molecule has 2 aromatic rings. The molecule has 1 atom stereocenters. The average Bonchev–Trinajstić information content (AvgIpc) is 2.71. The smallest absolute Gasteiger partial charge is 0.0257 e. The molecule has 0 bridgehead atoms. The SMILES string of the molecule is CC1C=Cc2cc(-c3ccccc3)c(Br)cc21. The Hall–Kier alpha value is -1.34. The van der Waals surface area contributed by atoms with Gasteiger partial charge >= 0.3 is 0 Å². The summed E-state index contributed by atoms with van der Waals surface area (Å²) in [6.45, 7) is 2.23. The zero-order chi connectivity index (χ0) is 11.8. The number of rotatable bonds is 1. The standard InChI is InChI=1S/C16H13Br/c1-11-7-8-13-9-15(16(17)10-14(11)13)12-5-3-2-4-6-12/h2-11H,1H3. The predicted molar refractivity (Wildman–Crippen MR) is 77.0 cm³/mol. The number of fused-ring (bicyclic) bond motifs is 1. The van der Waals surface area contributed by atoms with Crippen LogP contribution in [-0.4, -0.2) is 0 Å². The van der Waals surface area contributed by atoms with Crippen molar-refractivity contribution in [3.63, 3.8) is 0 Å². The normalized spacial score (nSPS) is 17.2. The van der Waals surface area contributed by atoms with Gasteiger partial charge in [-0.1, -0.05) is 65.3 Å². The van der Waals surface area contributed by atoms with Gasteiger partial charge in [0.15, 0.2) is 0 Å². The van der Waals surface area contributed by atoms with Crippen LogP contribution in [0.4, 0.5) is 0 Å². The van der Waals surface area contributed by atoms with Crippen LogP contribution in [0.15, 0.2) is 53.0 Å². The fraction of sp³-hybridized carbons (Fsp3) is 0.125. The lowest BCUT2D eigenvalue weighted by Gasteiger charge is -2.10. The van der Waals surface area contributed by atoms with Crippen LogP contribution in [0, 0.1) is 0 Å². The van der Waals surface area contributed by atoms with Crippen molar-refractivity contribution in [2.24, 2.45) is 0 Å². The Bertz CT molecular complexity index is 582. The quantitative estimate of drug-likeness (QED) is 0.671. The van der Waals surface area contributed by atoms with Crippen LogP contribution in [-0.2, 0) is 0 Å². The molecular formula is C16H13Br. The van der Waals surface area contributed by atoms with E-state index in [-0.39, 0.29) is 0 Å². The Morgan fingerprint density at radius 1 is 1.06 bits per heavy atom. The Morgan fingerprint density at radius 3 is 2.59 bits per heavy atom. The molecule has 2 aromatic carbocycles. The van der Waals surface area contributed by atoms with Crippen molar-refractivity contribution < 1.29 is 0 Å². The van der Waals surface area contributed by atoms with Crippen LogP contribution in [0.3, 0.4) is 0 Å². The van der Waals surface area contributed by atoms with Gasteiger partial charge in [-0.25, -0.2) is 0 Å².